The van der Waals surface area contributed by atoms with Crippen LogP contribution in [0.3, 0.4) is 0 Å². The molecule has 1 saturated heterocycles. The fourth-order valence-corrected chi connectivity index (χ4v) is 14.5. The van der Waals surface area contributed by atoms with Crippen molar-refractivity contribution in [2.75, 3.05) is 37.0 Å². The van der Waals surface area contributed by atoms with E-state index in [-0.39, 0.29) is 67.4 Å². The second-order valence-corrected chi connectivity index (χ2v) is 26.1. The number of amides is 1. The number of aliphatic hydroxyl groups excluding tert-OH is 1. The summed E-state index contributed by atoms with van der Waals surface area (Å²) in [6, 6.07) is 2.57. The second-order valence-electron chi connectivity index (χ2n) is 15.1. The van der Waals surface area contributed by atoms with Crippen LogP contribution in [-0.2, 0) is 72.8 Å². The van der Waals surface area contributed by atoms with Crippen LogP contribution in [0.25, 0.3) is 0 Å². The van der Waals surface area contributed by atoms with Gasteiger partial charge in [0, 0.05) is 48.2 Å². The van der Waals surface area contributed by atoms with Gasteiger partial charge in [-0.2, -0.15) is 30.0 Å². The average molecular weight is 1170 g/mol. The van der Waals surface area contributed by atoms with Crippen LogP contribution in [0, 0.1) is 13.8 Å². The van der Waals surface area contributed by atoms with Crippen LogP contribution < -0.4 is 21.5 Å². The Morgan fingerprint density at radius 2 is 1.38 bits per heavy atom. The van der Waals surface area contributed by atoms with Crippen molar-refractivity contribution in [2.24, 2.45) is 0 Å². The van der Waals surface area contributed by atoms with Crippen LogP contribution in [0.1, 0.15) is 90.4 Å². The Morgan fingerprint density at radius 1 is 0.847 bits per heavy atom. The molecule has 0 radical (unpaired) electrons. The number of allylic oxidation sites excluding steroid dienone is 2. The maximum absolute atomic E-state index is 13.1. The highest BCUT2D eigenvalue weighted by atomic mass is 32.2. The summed E-state index contributed by atoms with van der Waals surface area (Å²) in [6.07, 6.45) is -1.19. The van der Waals surface area contributed by atoms with Gasteiger partial charge in [-0.25, -0.2) is 37.0 Å². The number of carbonyl (C=O) groups is 2. The Hall–Kier alpha value is -2.93. The molecule has 0 bridgehead atoms. The van der Waals surface area contributed by atoms with Gasteiger partial charge in [0.1, 0.15) is 12.3 Å². The topological polar surface area (TPSA) is 497 Å². The van der Waals surface area contributed by atoms with Crippen molar-refractivity contribution in [3.63, 3.8) is 0 Å². The fraction of sp³-hybridized carbons (Fsp3) is 0.562. The molecule has 0 saturated carbocycles. The first kappa shape index (κ1) is 63.4. The number of phosphoric ester groups is 2. The third-order valence-corrected chi connectivity index (χ3v) is 19.5. The highest BCUT2D eigenvalue weighted by Gasteiger charge is 2.50. The zero-order valence-electron chi connectivity index (χ0n) is 38.0. The van der Waals surface area contributed by atoms with Gasteiger partial charge < -0.3 is 54.5 Å². The van der Waals surface area contributed by atoms with Crippen molar-refractivity contribution in [1.82, 2.24) is 14.9 Å². The molecule has 3 rings (SSSR count). The van der Waals surface area contributed by atoms with Gasteiger partial charge in [-0.3, -0.25) is 32.7 Å². The number of unbranched alkanes of at least 4 members (excludes halogenated alkanes) is 3. The number of carboxylic acids is 1. The zero-order chi connectivity index (χ0) is 54.8. The molecule has 0 aliphatic carbocycles. The number of ether oxygens (including phenoxy) is 1. The molecule has 1 aliphatic heterocycles. The number of H-pyrrole nitrogens is 1. The highest BCUT2D eigenvalue weighted by molar-refractivity contribution is 7.85. The number of hydrogen-bond acceptors (Lipinski definition) is 22. The van der Waals surface area contributed by atoms with Crippen molar-refractivity contribution in [1.29, 1.82) is 0 Å². The first-order chi connectivity index (χ1) is 32.9. The van der Waals surface area contributed by atoms with Crippen LogP contribution in [0.5, 0.6) is 0 Å². The van der Waals surface area contributed by atoms with E-state index in [2.05, 4.69) is 35.9 Å². The minimum atomic E-state index is -6.55. The van der Waals surface area contributed by atoms with Gasteiger partial charge in [-0.05, 0) is 64.7 Å². The minimum Gasteiger partial charge on any atom is -0.478 e. The molecule has 11 N–H and O–H groups in total. The third-order valence-electron chi connectivity index (χ3n) is 9.50. The summed E-state index contributed by atoms with van der Waals surface area (Å²) in [5.41, 5.74) is -0.704. The maximum atomic E-state index is 13.1. The number of nitrogens with one attached hydrogen (secondary N) is 2. The molecule has 2 aromatic rings. The lowest BCUT2D eigenvalue weighted by molar-refractivity contribution is -0.0450. The summed E-state index contributed by atoms with van der Waals surface area (Å²) >= 11 is 0. The standard InChI is InChI=1S/C32H52N4O29P6S/c1-5-21(3)35(12-10-14-72(55,56)57)25-16-23(15-24(22(25)4)31(40)41)30(39)33-11-8-6-7-9-13-58-66(43,44)61-68(47,48)63-70(51,52)65-71(53,54)64-69(49,50)62-67(45,46)59-19-27-26(37)17-28(60-27)36-18-20(2)29(38)34-32(36)42/h5,15-16,18,26-28,37H,6-14,17,19H2,1-4H3,(H,33,39)(H,40,41)(H,43,44)(H,45,46)(H,47,48)(H,49,50)(H,51,52)(H,53,54)(H,34,38,42)(H,55,56,57)/b21-5+/t26-,27-,28-/m0/s1. The minimum absolute atomic E-state index is 0.0358. The lowest BCUT2D eigenvalue weighted by Crippen LogP contribution is -2.33. The third kappa shape index (κ3) is 21.0. The van der Waals surface area contributed by atoms with Gasteiger partial charge in [-0.15, -0.1) is 0 Å². The summed E-state index contributed by atoms with van der Waals surface area (Å²) in [6.45, 7) is 4.48. The number of hydrogen-bond donors (Lipinski definition) is 11. The number of phosphoric acid groups is 6. The number of anilines is 1. The van der Waals surface area contributed by atoms with E-state index in [1.807, 2.05) is 4.98 Å². The number of aromatic nitrogens is 2. The molecule has 40 heteroatoms. The Kier molecular flexibility index (Phi) is 22.7. The van der Waals surface area contributed by atoms with Gasteiger partial charge in [0.2, 0.25) is 0 Å². The molecular formula is C32H52N4O29P6S. The molecule has 0 spiro atoms. The largest absolute Gasteiger partial charge is 0.490 e. The number of benzene rings is 1. The number of aromatic amines is 1. The second kappa shape index (κ2) is 25.7. The number of carbonyl (C=O) groups excluding carboxylic acids is 1. The fourth-order valence-electron chi connectivity index (χ4n) is 6.21. The van der Waals surface area contributed by atoms with Gasteiger partial charge in [0.15, 0.2) is 0 Å². The summed E-state index contributed by atoms with van der Waals surface area (Å²) in [5, 5.41) is 22.7. The molecule has 1 aromatic carbocycles. The smallest absolute Gasteiger partial charge is 0.478 e. The van der Waals surface area contributed by atoms with E-state index in [0.717, 1.165) is 16.8 Å². The molecule has 6 unspecified atom stereocenters. The summed E-state index contributed by atoms with van der Waals surface area (Å²) in [4.78, 5) is 111. The molecule has 72 heavy (non-hydrogen) atoms. The first-order valence-electron chi connectivity index (χ1n) is 20.4. The van der Waals surface area contributed by atoms with Gasteiger partial charge >= 0.3 is 58.6 Å². The number of nitrogens with zero attached hydrogens (tertiary/aromatic N) is 2. The van der Waals surface area contributed by atoms with Crippen molar-refractivity contribution in [2.45, 2.75) is 84.7 Å². The quantitative estimate of drug-likeness (QED) is 0.0304. The van der Waals surface area contributed by atoms with Gasteiger partial charge in [0.05, 0.1) is 30.6 Å². The van der Waals surface area contributed by atoms with Crippen molar-refractivity contribution in [3.8, 4) is 0 Å². The Morgan fingerprint density at radius 3 is 1.90 bits per heavy atom. The maximum Gasteiger partial charge on any atom is 0.490 e. The lowest BCUT2D eigenvalue weighted by Gasteiger charge is -2.28. The summed E-state index contributed by atoms with van der Waals surface area (Å²) < 4.78 is 139. The molecule has 33 nitrogen and oxygen atoms in total. The normalized spacial score (nSPS) is 21.6. The van der Waals surface area contributed by atoms with E-state index in [9.17, 15) is 94.6 Å². The number of aromatic carboxylic acids is 1. The van der Waals surface area contributed by atoms with E-state index in [1.54, 1.807) is 24.8 Å². The monoisotopic (exact) mass is 1170 g/mol. The van der Waals surface area contributed by atoms with Gasteiger partial charge in [0.25, 0.3) is 21.6 Å². The van der Waals surface area contributed by atoms with Crippen molar-refractivity contribution < 1.29 is 125 Å². The Bertz CT molecular complexity index is 2870. The van der Waals surface area contributed by atoms with E-state index >= 15 is 0 Å². The molecule has 1 fully saturated rings. The molecule has 1 aliphatic rings. The predicted octanol–water partition coefficient (Wildman–Crippen LogP) is 3.22. The summed E-state index contributed by atoms with van der Waals surface area (Å²) in [7, 11) is -41.6. The van der Waals surface area contributed by atoms with E-state index in [1.165, 1.54) is 19.9 Å². The SMILES string of the molecule is C/C=C(\C)N(CCCS(=O)(=O)O)c1cc(C(=O)NCCCCCCOP(=O)(O)OP(=O)(O)OP(=O)(O)OP(=O)(O)OP(=O)(O)OP(=O)(O)OC[C@@H]2O[C@H](n3cc(C)c(=O)[nH]c3=O)C[C@@H]2O)cc(C(=O)O)c1C. The highest BCUT2D eigenvalue weighted by Crippen LogP contribution is 2.75. The van der Waals surface area contributed by atoms with Crippen LogP contribution in [0.15, 0.2) is 39.7 Å². The molecule has 2 heterocycles. The van der Waals surface area contributed by atoms with Crippen LogP contribution in [-0.4, -0.2) is 118 Å². The van der Waals surface area contributed by atoms with Crippen LogP contribution >= 0.6 is 46.9 Å². The predicted molar refractivity (Wildman–Crippen MR) is 244 cm³/mol. The molecular weight excluding hydrogens is 1120 g/mol. The van der Waals surface area contributed by atoms with E-state index in [4.69, 9.17) is 9.29 Å². The Balaban J connectivity index is 1.46. The zero-order valence-corrected chi connectivity index (χ0v) is 44.2. The molecule has 9 atom stereocenters. The number of rotatable bonds is 30. The molecule has 1 amide bonds. The number of aliphatic hydroxyl groups is 1. The van der Waals surface area contributed by atoms with Crippen LogP contribution in [0.4, 0.5) is 5.69 Å². The summed E-state index contributed by atoms with van der Waals surface area (Å²) in [5.74, 6) is -2.59. The van der Waals surface area contributed by atoms with Crippen molar-refractivity contribution >= 4 is 74.6 Å². The average Bonchev–Trinajstić information content (AvgIpc) is 3.57. The van der Waals surface area contributed by atoms with Gasteiger partial charge in [-0.1, -0.05) is 18.9 Å². The van der Waals surface area contributed by atoms with E-state index in [0.29, 0.717) is 17.8 Å². The molecule has 1 aromatic heterocycles. The number of carboxylic acid groups (broad SMARTS) is 1. The van der Waals surface area contributed by atoms with E-state index < -0.39 is 118 Å². The Labute approximate surface area is 408 Å². The first-order valence-corrected chi connectivity index (χ1v) is 30.9. The number of aryl methyl sites for hydroxylation is 1. The molecule has 410 valence electrons. The lowest BCUT2D eigenvalue weighted by atomic mass is 10.0. The van der Waals surface area contributed by atoms with Crippen molar-refractivity contribution in [3.05, 3.63) is 73.2 Å². The van der Waals surface area contributed by atoms with Crippen LogP contribution in [0.2, 0.25) is 0 Å².